The Morgan fingerprint density at radius 3 is 2.71 bits per heavy atom. The van der Waals surface area contributed by atoms with E-state index in [0.717, 1.165) is 5.69 Å². The van der Waals surface area contributed by atoms with Gasteiger partial charge < -0.3 is 9.52 Å². The second-order valence-corrected chi connectivity index (χ2v) is 5.90. The van der Waals surface area contributed by atoms with Crippen molar-refractivity contribution in [2.24, 2.45) is 0 Å². The lowest BCUT2D eigenvalue weighted by atomic mass is 9.90. The molecule has 6 nitrogen and oxygen atoms in total. The lowest BCUT2D eigenvalue weighted by Crippen LogP contribution is -2.16. The molecule has 0 saturated carbocycles. The third-order valence-electron chi connectivity index (χ3n) is 3.23. The molecule has 0 fully saturated rings. The summed E-state index contributed by atoms with van der Waals surface area (Å²) >= 11 is 0. The van der Waals surface area contributed by atoms with Crippen LogP contribution in [-0.2, 0) is 5.41 Å². The first-order chi connectivity index (χ1) is 9.86. The van der Waals surface area contributed by atoms with E-state index in [9.17, 15) is 9.90 Å². The van der Waals surface area contributed by atoms with Gasteiger partial charge in [0, 0.05) is 11.6 Å². The summed E-state index contributed by atoms with van der Waals surface area (Å²) in [6, 6.07) is 5.42. The minimum absolute atomic E-state index is 0.211. The average Bonchev–Trinajstić information content (AvgIpc) is 3.03. The molecule has 3 rings (SSSR count). The van der Waals surface area contributed by atoms with Gasteiger partial charge in [-0.3, -0.25) is 0 Å². The first-order valence-electron chi connectivity index (χ1n) is 6.53. The van der Waals surface area contributed by atoms with E-state index in [4.69, 9.17) is 4.42 Å². The third kappa shape index (κ3) is 2.29. The normalized spacial score (nSPS) is 12.0. The summed E-state index contributed by atoms with van der Waals surface area (Å²) in [6.07, 6.45) is 2.91. The highest BCUT2D eigenvalue weighted by atomic mass is 16.4. The van der Waals surface area contributed by atoms with E-state index in [1.807, 2.05) is 32.9 Å². The van der Waals surface area contributed by atoms with Crippen molar-refractivity contribution in [1.29, 1.82) is 0 Å². The van der Waals surface area contributed by atoms with Gasteiger partial charge in [0.15, 0.2) is 12.0 Å². The fraction of sp³-hybridized carbons (Fsp3) is 0.267. The minimum Gasteiger partial charge on any atom is -0.478 e. The van der Waals surface area contributed by atoms with E-state index < -0.39 is 5.97 Å². The number of carboxylic acid groups (broad SMARTS) is 1. The van der Waals surface area contributed by atoms with E-state index >= 15 is 0 Å². The molecule has 1 aromatic carbocycles. The van der Waals surface area contributed by atoms with Crippen LogP contribution in [0.1, 0.15) is 36.8 Å². The fourth-order valence-corrected chi connectivity index (χ4v) is 2.21. The lowest BCUT2D eigenvalue weighted by Gasteiger charge is -2.15. The molecule has 21 heavy (non-hydrogen) atoms. The van der Waals surface area contributed by atoms with Crippen LogP contribution in [-0.4, -0.2) is 25.8 Å². The predicted octanol–water partition coefficient (Wildman–Crippen LogP) is 3.01. The Bertz CT molecular complexity index is 824. The lowest BCUT2D eigenvalue weighted by molar-refractivity contribution is 0.0694. The SMILES string of the molecule is CC(C)(C)c1nn(-c2ccc3ocnc3c2)cc1C(=O)O. The highest BCUT2D eigenvalue weighted by Gasteiger charge is 2.26. The molecule has 0 unspecified atom stereocenters. The minimum atomic E-state index is -0.978. The van der Waals surface area contributed by atoms with Crippen LogP contribution in [0.15, 0.2) is 35.2 Å². The van der Waals surface area contributed by atoms with E-state index in [-0.39, 0.29) is 11.0 Å². The number of carbonyl (C=O) groups is 1. The predicted molar refractivity (Wildman–Crippen MR) is 76.8 cm³/mol. The number of hydrogen-bond acceptors (Lipinski definition) is 4. The summed E-state index contributed by atoms with van der Waals surface area (Å²) in [4.78, 5) is 15.5. The fourth-order valence-electron chi connectivity index (χ4n) is 2.21. The smallest absolute Gasteiger partial charge is 0.339 e. The number of aromatic carboxylic acids is 1. The van der Waals surface area contributed by atoms with Crippen molar-refractivity contribution in [1.82, 2.24) is 14.8 Å². The number of benzene rings is 1. The molecular formula is C15H15N3O3. The van der Waals surface area contributed by atoms with Gasteiger partial charge in [-0.2, -0.15) is 5.10 Å². The van der Waals surface area contributed by atoms with Crippen molar-refractivity contribution in [3.63, 3.8) is 0 Å². The number of hydrogen-bond donors (Lipinski definition) is 1. The first-order valence-corrected chi connectivity index (χ1v) is 6.53. The Morgan fingerprint density at radius 1 is 1.33 bits per heavy atom. The van der Waals surface area contributed by atoms with Gasteiger partial charge in [-0.05, 0) is 18.2 Å². The zero-order valence-corrected chi connectivity index (χ0v) is 12.0. The zero-order chi connectivity index (χ0) is 15.2. The van der Waals surface area contributed by atoms with Gasteiger partial charge >= 0.3 is 5.97 Å². The van der Waals surface area contributed by atoms with Gasteiger partial charge in [0.25, 0.3) is 0 Å². The number of oxazole rings is 1. The van der Waals surface area contributed by atoms with Crippen molar-refractivity contribution in [3.8, 4) is 5.69 Å². The molecule has 108 valence electrons. The van der Waals surface area contributed by atoms with E-state index in [0.29, 0.717) is 16.8 Å². The maximum atomic E-state index is 11.4. The zero-order valence-electron chi connectivity index (χ0n) is 12.0. The topological polar surface area (TPSA) is 81.2 Å². The van der Waals surface area contributed by atoms with Crippen LogP contribution in [0.5, 0.6) is 0 Å². The molecule has 1 N–H and O–H groups in total. The van der Waals surface area contributed by atoms with E-state index in [1.165, 1.54) is 12.6 Å². The maximum Gasteiger partial charge on any atom is 0.339 e. The summed E-state index contributed by atoms with van der Waals surface area (Å²) in [5, 5.41) is 13.8. The Kier molecular flexibility index (Phi) is 2.83. The van der Waals surface area contributed by atoms with Crippen LogP contribution in [0.3, 0.4) is 0 Å². The van der Waals surface area contributed by atoms with Gasteiger partial charge in [0.2, 0.25) is 0 Å². The Balaban J connectivity index is 2.16. The maximum absolute atomic E-state index is 11.4. The summed E-state index contributed by atoms with van der Waals surface area (Å²) in [7, 11) is 0. The molecule has 0 radical (unpaired) electrons. The van der Waals surface area contributed by atoms with E-state index in [2.05, 4.69) is 10.1 Å². The van der Waals surface area contributed by atoms with Gasteiger partial charge in [-0.1, -0.05) is 20.8 Å². The molecule has 0 aliphatic carbocycles. The number of fused-ring (bicyclic) bond motifs is 1. The van der Waals surface area contributed by atoms with Crippen LogP contribution in [0, 0.1) is 0 Å². The highest BCUT2D eigenvalue weighted by Crippen LogP contribution is 2.26. The Morgan fingerprint density at radius 2 is 2.10 bits per heavy atom. The van der Waals surface area contributed by atoms with Crippen LogP contribution in [0.25, 0.3) is 16.8 Å². The molecule has 0 amide bonds. The number of aromatic nitrogens is 3. The van der Waals surface area contributed by atoms with Crippen LogP contribution in [0.4, 0.5) is 0 Å². The molecule has 0 aliphatic heterocycles. The van der Waals surface area contributed by atoms with Crippen molar-refractivity contribution in [3.05, 3.63) is 42.0 Å². The summed E-state index contributed by atoms with van der Waals surface area (Å²) in [5.74, 6) is -0.978. The van der Waals surface area contributed by atoms with Gasteiger partial charge in [0.1, 0.15) is 11.1 Å². The monoisotopic (exact) mass is 285 g/mol. The second kappa shape index (κ2) is 4.44. The standard InChI is InChI=1S/C15H15N3O3/c1-15(2,3)13-10(14(19)20)7-18(17-13)9-4-5-12-11(6-9)16-8-21-12/h4-8H,1-3H3,(H,19,20). The summed E-state index contributed by atoms with van der Waals surface area (Å²) in [5.41, 5.74) is 2.54. The summed E-state index contributed by atoms with van der Waals surface area (Å²) < 4.78 is 6.76. The number of rotatable bonds is 2. The third-order valence-corrected chi connectivity index (χ3v) is 3.23. The largest absolute Gasteiger partial charge is 0.478 e. The van der Waals surface area contributed by atoms with E-state index in [1.54, 1.807) is 10.7 Å². The number of carboxylic acids is 1. The van der Waals surface area contributed by atoms with Gasteiger partial charge in [-0.25, -0.2) is 14.5 Å². The highest BCUT2D eigenvalue weighted by molar-refractivity contribution is 5.89. The second-order valence-electron chi connectivity index (χ2n) is 5.90. The average molecular weight is 285 g/mol. The molecule has 3 aromatic rings. The van der Waals surface area contributed by atoms with Crippen molar-refractivity contribution in [2.75, 3.05) is 0 Å². The Labute approximate surface area is 121 Å². The quantitative estimate of drug-likeness (QED) is 0.782. The molecule has 6 heteroatoms. The molecule has 0 spiro atoms. The molecule has 2 heterocycles. The van der Waals surface area contributed by atoms with Crippen LogP contribution >= 0.6 is 0 Å². The van der Waals surface area contributed by atoms with Crippen molar-refractivity contribution >= 4 is 17.1 Å². The Hall–Kier alpha value is -2.63. The molecule has 2 aromatic heterocycles. The number of nitrogens with zero attached hydrogens (tertiary/aromatic N) is 3. The van der Waals surface area contributed by atoms with Crippen molar-refractivity contribution in [2.45, 2.75) is 26.2 Å². The van der Waals surface area contributed by atoms with Crippen LogP contribution < -0.4 is 0 Å². The molecule has 0 atom stereocenters. The van der Waals surface area contributed by atoms with Crippen LogP contribution in [0.2, 0.25) is 0 Å². The van der Waals surface area contributed by atoms with Gasteiger partial charge in [0.05, 0.1) is 11.4 Å². The first kappa shape index (κ1) is 13.4. The molecule has 0 aliphatic rings. The van der Waals surface area contributed by atoms with Gasteiger partial charge in [-0.15, -0.1) is 0 Å². The molecule has 0 saturated heterocycles. The van der Waals surface area contributed by atoms with Crippen molar-refractivity contribution < 1.29 is 14.3 Å². The summed E-state index contributed by atoms with van der Waals surface area (Å²) in [6.45, 7) is 5.81. The molecule has 0 bridgehead atoms. The molecular weight excluding hydrogens is 270 g/mol.